The Kier molecular flexibility index (Phi) is 5.12. The van der Waals surface area contributed by atoms with Gasteiger partial charge in [-0.1, -0.05) is 12.1 Å². The van der Waals surface area contributed by atoms with Crippen LogP contribution in [0.5, 0.6) is 5.75 Å². The molecule has 1 aliphatic carbocycles. The maximum Gasteiger partial charge on any atom is 0.416 e. The molecule has 9 heteroatoms. The molecule has 162 valence electrons. The van der Waals surface area contributed by atoms with Crippen LogP contribution in [0, 0.1) is 0 Å². The lowest BCUT2D eigenvalue weighted by Crippen LogP contribution is -2.26. The highest BCUT2D eigenvalue weighted by Crippen LogP contribution is 2.41. The molecule has 2 unspecified atom stereocenters. The molecular weight excluding hydrogens is 413 g/mol. The summed E-state index contributed by atoms with van der Waals surface area (Å²) in [6, 6.07) is 9.31. The standard InChI is InChI=1S/C22H19F3N2O4/c23-22(24,25)13-3-1-2-12(8-13)20(21(26)30)31-14-5-7-17-16(10-14)15-6-4-11(9-18(28)29)19(15)27-17/h1-3,5,7-8,10-11,20,27H,4,6,9H2,(H2,26,30)(H,28,29). The number of primary amides is 1. The molecular formula is C22H19F3N2O4. The number of aromatic amines is 1. The average molecular weight is 432 g/mol. The fraction of sp³-hybridized carbons (Fsp3) is 0.273. The summed E-state index contributed by atoms with van der Waals surface area (Å²) in [7, 11) is 0. The lowest BCUT2D eigenvalue weighted by Gasteiger charge is -2.18. The number of fused-ring (bicyclic) bond motifs is 3. The van der Waals surface area contributed by atoms with E-state index in [9.17, 15) is 22.8 Å². The largest absolute Gasteiger partial charge is 0.481 e. The molecule has 0 fully saturated rings. The van der Waals surface area contributed by atoms with E-state index in [0.717, 1.165) is 34.3 Å². The first kappa shape index (κ1) is 20.8. The van der Waals surface area contributed by atoms with Gasteiger partial charge in [-0.05, 0) is 48.7 Å². The van der Waals surface area contributed by atoms with E-state index in [1.807, 2.05) is 0 Å². The Balaban J connectivity index is 1.65. The first-order valence-electron chi connectivity index (χ1n) is 9.63. The van der Waals surface area contributed by atoms with E-state index in [-0.39, 0.29) is 23.7 Å². The Morgan fingerprint density at radius 1 is 1.23 bits per heavy atom. The van der Waals surface area contributed by atoms with Gasteiger partial charge in [0.15, 0.2) is 0 Å². The number of aryl methyl sites for hydroxylation is 1. The number of benzene rings is 2. The number of ether oxygens (including phenoxy) is 1. The summed E-state index contributed by atoms with van der Waals surface area (Å²) in [6.45, 7) is 0. The second kappa shape index (κ2) is 7.64. The van der Waals surface area contributed by atoms with Gasteiger partial charge in [-0.3, -0.25) is 9.59 Å². The Labute approximate surface area is 174 Å². The topological polar surface area (TPSA) is 105 Å². The molecule has 3 aromatic rings. The van der Waals surface area contributed by atoms with Gasteiger partial charge in [0.1, 0.15) is 5.75 Å². The van der Waals surface area contributed by atoms with Crippen molar-refractivity contribution in [2.24, 2.45) is 5.73 Å². The van der Waals surface area contributed by atoms with Crippen molar-refractivity contribution in [2.75, 3.05) is 0 Å². The van der Waals surface area contributed by atoms with E-state index in [1.165, 1.54) is 12.1 Å². The molecule has 1 amide bonds. The maximum absolute atomic E-state index is 13.0. The lowest BCUT2D eigenvalue weighted by molar-refractivity contribution is -0.138. The Morgan fingerprint density at radius 2 is 2.00 bits per heavy atom. The number of carbonyl (C=O) groups excluding carboxylic acids is 1. The second-order valence-electron chi connectivity index (χ2n) is 7.58. The van der Waals surface area contributed by atoms with Crippen LogP contribution in [0.25, 0.3) is 10.9 Å². The van der Waals surface area contributed by atoms with Crippen molar-refractivity contribution >= 4 is 22.8 Å². The third kappa shape index (κ3) is 4.08. The second-order valence-corrected chi connectivity index (χ2v) is 7.58. The van der Waals surface area contributed by atoms with Crippen molar-refractivity contribution in [3.63, 3.8) is 0 Å². The number of aromatic nitrogens is 1. The quantitative estimate of drug-likeness (QED) is 0.540. The molecule has 0 saturated heterocycles. The third-order valence-electron chi connectivity index (χ3n) is 5.51. The summed E-state index contributed by atoms with van der Waals surface area (Å²) >= 11 is 0. The van der Waals surface area contributed by atoms with E-state index >= 15 is 0 Å². The molecule has 2 atom stereocenters. The van der Waals surface area contributed by atoms with Crippen molar-refractivity contribution < 1.29 is 32.6 Å². The number of halogens is 3. The fourth-order valence-corrected chi connectivity index (χ4v) is 4.12. The van der Waals surface area contributed by atoms with Crippen LogP contribution in [0.2, 0.25) is 0 Å². The SMILES string of the molecule is NC(=O)C(Oc1ccc2[nH]c3c(c2c1)CCC3CC(=O)O)c1cccc(C(F)(F)F)c1. The predicted molar refractivity (Wildman–Crippen MR) is 106 cm³/mol. The summed E-state index contributed by atoms with van der Waals surface area (Å²) < 4.78 is 44.8. The van der Waals surface area contributed by atoms with Gasteiger partial charge in [0.25, 0.3) is 5.91 Å². The van der Waals surface area contributed by atoms with Crippen molar-refractivity contribution in [3.8, 4) is 5.75 Å². The molecule has 0 radical (unpaired) electrons. The zero-order chi connectivity index (χ0) is 22.3. The van der Waals surface area contributed by atoms with Gasteiger partial charge in [-0.25, -0.2) is 0 Å². The van der Waals surface area contributed by atoms with Crippen LogP contribution >= 0.6 is 0 Å². The van der Waals surface area contributed by atoms with Crippen LogP contribution in [0.15, 0.2) is 42.5 Å². The zero-order valence-corrected chi connectivity index (χ0v) is 16.2. The maximum atomic E-state index is 13.0. The summed E-state index contributed by atoms with van der Waals surface area (Å²) in [5.74, 6) is -1.61. The Morgan fingerprint density at radius 3 is 2.68 bits per heavy atom. The molecule has 4 rings (SSSR count). The summed E-state index contributed by atoms with van der Waals surface area (Å²) in [5.41, 5.74) is 7.17. The van der Waals surface area contributed by atoms with Gasteiger partial charge in [-0.2, -0.15) is 13.2 Å². The zero-order valence-electron chi connectivity index (χ0n) is 16.2. The van der Waals surface area contributed by atoms with E-state index in [4.69, 9.17) is 15.6 Å². The minimum atomic E-state index is -4.56. The highest BCUT2D eigenvalue weighted by Gasteiger charge is 2.32. The van der Waals surface area contributed by atoms with Crippen molar-refractivity contribution in [1.82, 2.24) is 4.98 Å². The van der Waals surface area contributed by atoms with E-state index in [2.05, 4.69) is 4.98 Å². The van der Waals surface area contributed by atoms with Gasteiger partial charge in [-0.15, -0.1) is 0 Å². The molecule has 0 saturated carbocycles. The van der Waals surface area contributed by atoms with Crippen molar-refractivity contribution in [2.45, 2.75) is 37.5 Å². The number of hydrogen-bond donors (Lipinski definition) is 3. The predicted octanol–water partition coefficient (Wildman–Crippen LogP) is 4.30. The van der Waals surface area contributed by atoms with Crippen LogP contribution in [0.1, 0.15) is 47.2 Å². The van der Waals surface area contributed by atoms with Gasteiger partial charge < -0.3 is 20.6 Å². The molecule has 2 aromatic carbocycles. The molecule has 0 aliphatic heterocycles. The first-order valence-corrected chi connectivity index (χ1v) is 9.63. The van der Waals surface area contributed by atoms with E-state index in [1.54, 1.807) is 18.2 Å². The van der Waals surface area contributed by atoms with Crippen molar-refractivity contribution in [1.29, 1.82) is 0 Å². The highest BCUT2D eigenvalue weighted by molar-refractivity contribution is 5.87. The van der Waals surface area contributed by atoms with Crippen LogP contribution in [-0.4, -0.2) is 22.0 Å². The van der Waals surface area contributed by atoms with Crippen LogP contribution < -0.4 is 10.5 Å². The van der Waals surface area contributed by atoms with Gasteiger partial charge in [0.2, 0.25) is 6.10 Å². The number of carboxylic acids is 1. The number of rotatable bonds is 6. The molecule has 1 heterocycles. The van der Waals surface area contributed by atoms with Gasteiger partial charge in [0.05, 0.1) is 12.0 Å². The number of carbonyl (C=O) groups is 2. The minimum Gasteiger partial charge on any atom is -0.481 e. The van der Waals surface area contributed by atoms with Gasteiger partial charge >= 0.3 is 12.1 Å². The number of hydrogen-bond acceptors (Lipinski definition) is 3. The molecule has 1 aliphatic rings. The van der Waals surface area contributed by atoms with E-state index < -0.39 is 29.7 Å². The van der Waals surface area contributed by atoms with E-state index in [0.29, 0.717) is 12.8 Å². The molecule has 4 N–H and O–H groups in total. The lowest BCUT2D eigenvalue weighted by atomic mass is 10.0. The molecule has 31 heavy (non-hydrogen) atoms. The minimum absolute atomic E-state index is 0.00300. The number of aliphatic carboxylic acids is 1. The number of H-pyrrole nitrogens is 1. The molecule has 0 bridgehead atoms. The van der Waals surface area contributed by atoms with Gasteiger partial charge in [0, 0.05) is 28.1 Å². The Hall–Kier alpha value is -3.49. The normalized spacial score (nSPS) is 16.8. The van der Waals surface area contributed by atoms with Crippen LogP contribution in [0.3, 0.4) is 0 Å². The first-order chi connectivity index (χ1) is 14.6. The molecule has 6 nitrogen and oxygen atoms in total. The smallest absolute Gasteiger partial charge is 0.416 e. The summed E-state index contributed by atoms with van der Waals surface area (Å²) in [4.78, 5) is 26.3. The molecule has 0 spiro atoms. The third-order valence-corrected chi connectivity index (χ3v) is 5.51. The van der Waals surface area contributed by atoms with Crippen LogP contribution in [0.4, 0.5) is 13.2 Å². The average Bonchev–Trinajstić information content (AvgIpc) is 3.24. The summed E-state index contributed by atoms with van der Waals surface area (Å²) in [6.07, 6.45) is -4.52. The fourth-order valence-electron chi connectivity index (χ4n) is 4.12. The van der Waals surface area contributed by atoms with Crippen molar-refractivity contribution in [3.05, 3.63) is 64.8 Å². The highest BCUT2D eigenvalue weighted by atomic mass is 19.4. The number of nitrogens with one attached hydrogen (secondary N) is 1. The summed E-state index contributed by atoms with van der Waals surface area (Å²) in [5, 5.41) is 9.93. The Bertz CT molecular complexity index is 1170. The number of carboxylic acid groups (broad SMARTS) is 1. The number of amides is 1. The monoisotopic (exact) mass is 432 g/mol. The number of alkyl halides is 3. The number of nitrogens with two attached hydrogens (primary N) is 1. The molecule has 1 aromatic heterocycles. The van der Waals surface area contributed by atoms with Crippen LogP contribution in [-0.2, 0) is 22.2 Å².